The Balaban J connectivity index is 4.64. The van der Waals surface area contributed by atoms with Gasteiger partial charge in [-0.25, -0.2) is 9.13 Å². The van der Waals surface area contributed by atoms with Crippen molar-refractivity contribution in [3.05, 3.63) is 72.9 Å². The molecule has 0 saturated carbocycles. The Labute approximate surface area is 378 Å². The number of phosphoric acid groups is 2. The lowest BCUT2D eigenvalue weighted by Gasteiger charge is -2.20. The maximum atomic E-state index is 12.7. The molecule has 0 aliphatic rings. The fourth-order valence-corrected chi connectivity index (χ4v) is 7.03. The first kappa shape index (κ1) is 60.5. The van der Waals surface area contributed by atoms with E-state index in [0.717, 1.165) is 44.4 Å². The molecule has 0 spiro atoms. The van der Waals surface area contributed by atoms with Crippen LogP contribution in [0.5, 0.6) is 0 Å². The number of ether oxygens (including phenoxy) is 2. The molecule has 0 aliphatic heterocycles. The van der Waals surface area contributed by atoms with Gasteiger partial charge in [0.05, 0.1) is 25.9 Å². The van der Waals surface area contributed by atoms with Crippen molar-refractivity contribution in [2.75, 3.05) is 26.4 Å². The van der Waals surface area contributed by atoms with E-state index in [1.54, 1.807) is 6.08 Å². The van der Waals surface area contributed by atoms with Gasteiger partial charge >= 0.3 is 27.6 Å². The number of carbonyl (C=O) groups is 2. The maximum absolute atomic E-state index is 12.7. The Morgan fingerprint density at radius 2 is 1.10 bits per heavy atom. The van der Waals surface area contributed by atoms with E-state index in [4.69, 9.17) is 23.8 Å². The molecular weight excluding hydrogens is 850 g/mol. The van der Waals surface area contributed by atoms with Gasteiger partial charge in [0.1, 0.15) is 12.7 Å². The number of hydrogen-bond donors (Lipinski definition) is 5. The Morgan fingerprint density at radius 1 is 0.571 bits per heavy atom. The number of carbonyl (C=O) groups excluding carboxylic acids is 2. The largest absolute Gasteiger partial charge is 0.472 e. The van der Waals surface area contributed by atoms with Gasteiger partial charge in [0.25, 0.3) is 0 Å². The summed E-state index contributed by atoms with van der Waals surface area (Å²) < 4.78 is 47.7. The number of unbranched alkanes of at least 4 members (excludes halogenated alkanes) is 12. The van der Waals surface area contributed by atoms with Crippen molar-refractivity contribution in [2.45, 2.75) is 180 Å². The summed E-state index contributed by atoms with van der Waals surface area (Å²) >= 11 is 0. The number of esters is 2. The smallest absolute Gasteiger partial charge is 0.462 e. The average Bonchev–Trinajstić information content (AvgIpc) is 3.22. The van der Waals surface area contributed by atoms with Gasteiger partial charge in [-0.15, -0.1) is 0 Å². The molecule has 0 saturated heterocycles. The zero-order valence-corrected chi connectivity index (χ0v) is 40.2. The Bertz CT molecular complexity index is 1420. The lowest BCUT2D eigenvalue weighted by Crippen LogP contribution is -2.29. The molecule has 0 fully saturated rings. The first-order valence-electron chi connectivity index (χ1n) is 23.1. The highest BCUT2D eigenvalue weighted by Crippen LogP contribution is 2.43. The monoisotopic (exact) mass is 933 g/mol. The van der Waals surface area contributed by atoms with E-state index in [-0.39, 0.29) is 12.8 Å². The SMILES string of the molecule is CC/C=C\CC(O)/C=C/C=C/C/C=C\C/C=C\C/C=C\CCC(=O)O[C@H](COC(=O)CCCCCCCCCCCCCCCC(C)C)COP(=O)(O)OC[C@@H](O)COP(=O)(O)O. The molecule has 0 radical (unpaired) electrons. The number of rotatable bonds is 42. The molecule has 14 nitrogen and oxygen atoms in total. The number of hydrogen-bond acceptors (Lipinski definition) is 11. The summed E-state index contributed by atoms with van der Waals surface area (Å²) in [6, 6.07) is 0. The second-order valence-corrected chi connectivity index (χ2v) is 18.7. The van der Waals surface area contributed by atoms with Crippen LogP contribution in [0.15, 0.2) is 72.9 Å². The van der Waals surface area contributed by atoms with Crippen molar-refractivity contribution in [1.82, 2.24) is 0 Å². The molecule has 4 atom stereocenters. The highest BCUT2D eigenvalue weighted by Gasteiger charge is 2.28. The zero-order valence-electron chi connectivity index (χ0n) is 38.4. The van der Waals surface area contributed by atoms with Crippen molar-refractivity contribution in [3.63, 3.8) is 0 Å². The molecule has 0 heterocycles. The van der Waals surface area contributed by atoms with Crippen LogP contribution in [0.1, 0.15) is 162 Å². The van der Waals surface area contributed by atoms with E-state index in [2.05, 4.69) is 42.0 Å². The van der Waals surface area contributed by atoms with Crippen molar-refractivity contribution in [3.8, 4) is 0 Å². The summed E-state index contributed by atoms with van der Waals surface area (Å²) in [5, 5.41) is 19.6. The Morgan fingerprint density at radius 3 is 1.67 bits per heavy atom. The van der Waals surface area contributed by atoms with Gasteiger partial charge in [0.2, 0.25) is 0 Å². The van der Waals surface area contributed by atoms with Crippen LogP contribution in [-0.4, -0.2) is 81.6 Å². The minimum absolute atomic E-state index is 0.0113. The van der Waals surface area contributed by atoms with E-state index in [1.165, 1.54) is 64.2 Å². The molecule has 0 rings (SSSR count). The third-order valence-electron chi connectivity index (χ3n) is 9.37. The fraction of sp³-hybridized carbons (Fsp3) is 0.702. The highest BCUT2D eigenvalue weighted by atomic mass is 31.2. The van der Waals surface area contributed by atoms with Crippen molar-refractivity contribution in [1.29, 1.82) is 0 Å². The maximum Gasteiger partial charge on any atom is 0.472 e. The lowest BCUT2D eigenvalue weighted by atomic mass is 10.0. The molecule has 2 unspecified atom stereocenters. The second-order valence-electron chi connectivity index (χ2n) is 16.0. The Kier molecular flexibility index (Phi) is 39.4. The molecule has 0 aliphatic carbocycles. The van der Waals surface area contributed by atoms with Crippen LogP contribution in [0.3, 0.4) is 0 Å². The summed E-state index contributed by atoms with van der Waals surface area (Å²) in [6.45, 7) is 3.78. The van der Waals surface area contributed by atoms with Gasteiger partial charge < -0.3 is 34.4 Å². The third kappa shape index (κ3) is 45.9. The van der Waals surface area contributed by atoms with Crippen LogP contribution in [0.4, 0.5) is 0 Å². The summed E-state index contributed by atoms with van der Waals surface area (Å²) in [5.41, 5.74) is 0. The van der Waals surface area contributed by atoms with E-state index in [1.807, 2.05) is 54.7 Å². The van der Waals surface area contributed by atoms with Crippen molar-refractivity contribution in [2.24, 2.45) is 5.92 Å². The van der Waals surface area contributed by atoms with Crippen LogP contribution in [-0.2, 0) is 41.8 Å². The third-order valence-corrected chi connectivity index (χ3v) is 10.8. The van der Waals surface area contributed by atoms with Gasteiger partial charge in [-0.1, -0.05) is 177 Å². The predicted octanol–water partition coefficient (Wildman–Crippen LogP) is 11.0. The van der Waals surface area contributed by atoms with Gasteiger partial charge in [0.15, 0.2) is 6.10 Å². The van der Waals surface area contributed by atoms with Crippen LogP contribution >= 0.6 is 15.6 Å². The fourth-order valence-electron chi connectivity index (χ4n) is 5.88. The minimum atomic E-state index is -4.88. The molecule has 16 heteroatoms. The summed E-state index contributed by atoms with van der Waals surface area (Å²) in [6.07, 6.45) is 41.0. The Hall–Kier alpha value is -2.48. The quantitative estimate of drug-likeness (QED) is 0.0127. The summed E-state index contributed by atoms with van der Waals surface area (Å²) in [4.78, 5) is 52.7. The lowest BCUT2D eigenvalue weighted by molar-refractivity contribution is -0.161. The van der Waals surface area contributed by atoms with Crippen molar-refractivity contribution < 1.29 is 66.7 Å². The summed E-state index contributed by atoms with van der Waals surface area (Å²) in [5.74, 6) is -0.355. The second kappa shape index (κ2) is 41.0. The van der Waals surface area contributed by atoms with Crippen LogP contribution < -0.4 is 0 Å². The van der Waals surface area contributed by atoms with Crippen molar-refractivity contribution >= 4 is 27.6 Å². The molecule has 0 aromatic rings. The molecule has 364 valence electrons. The number of allylic oxidation sites excluding steroid dienone is 10. The average molecular weight is 933 g/mol. The first-order chi connectivity index (χ1) is 30.1. The van der Waals surface area contributed by atoms with E-state index in [9.17, 15) is 33.8 Å². The standard InChI is InChI=1S/C47H82O14P2/c1-4-5-28-34-43(48)35-30-25-21-17-13-9-7-11-15-19-23-27-32-37-47(51)61-45(41-60-63(55,56)59-39-44(49)38-58-62(52,53)54)40-57-46(50)36-31-26-22-18-14-10-6-8-12-16-20-24-29-33-42(2)3/h5,9,11,13,15,21,23,25,27-28,30,35,42-45,48-49H,4,6-8,10,12,14,16-20,22,24,26,29,31-34,36-41H2,1-3H3,(H,55,56)(H2,52,53,54)/b13-9-,15-11-,25-21+,27-23-,28-5-,35-30+/t43?,44-,45+/m0/s1. The molecule has 0 aromatic carbocycles. The van der Waals surface area contributed by atoms with Gasteiger partial charge in [-0.05, 0) is 50.9 Å². The van der Waals surface area contributed by atoms with Crippen LogP contribution in [0.25, 0.3) is 0 Å². The number of phosphoric ester groups is 2. The van der Waals surface area contributed by atoms with Crippen LogP contribution in [0, 0.1) is 5.92 Å². The van der Waals surface area contributed by atoms with Crippen LogP contribution in [0.2, 0.25) is 0 Å². The van der Waals surface area contributed by atoms with E-state index >= 15 is 0 Å². The van der Waals surface area contributed by atoms with Gasteiger partial charge in [-0.2, -0.15) is 0 Å². The van der Waals surface area contributed by atoms with Gasteiger partial charge in [0, 0.05) is 12.8 Å². The molecule has 63 heavy (non-hydrogen) atoms. The zero-order chi connectivity index (χ0) is 46.9. The number of aliphatic hydroxyl groups is 2. The first-order valence-corrected chi connectivity index (χ1v) is 26.1. The van der Waals surface area contributed by atoms with E-state index in [0.29, 0.717) is 25.7 Å². The summed E-state index contributed by atoms with van der Waals surface area (Å²) in [7, 11) is -9.72. The molecule has 0 bridgehead atoms. The molecule has 5 N–H and O–H groups in total. The van der Waals surface area contributed by atoms with E-state index < -0.39 is 72.3 Å². The normalized spacial score (nSPS) is 15.2. The predicted molar refractivity (Wildman–Crippen MR) is 250 cm³/mol. The topological polar surface area (TPSA) is 216 Å². The number of aliphatic hydroxyl groups excluding tert-OH is 2. The molecule has 0 aromatic heterocycles. The molecule has 0 amide bonds. The minimum Gasteiger partial charge on any atom is -0.462 e. The van der Waals surface area contributed by atoms with Gasteiger partial charge in [-0.3, -0.25) is 23.2 Å². The highest BCUT2D eigenvalue weighted by molar-refractivity contribution is 7.47. The molecular formula is C47H82O14P2.